The van der Waals surface area contributed by atoms with Gasteiger partial charge in [0, 0.05) is 12.4 Å². The van der Waals surface area contributed by atoms with Crippen LogP contribution in [0.15, 0.2) is 49.3 Å². The quantitative estimate of drug-likeness (QED) is 0.592. The molecule has 0 amide bonds. The molecule has 0 saturated heterocycles. The van der Waals surface area contributed by atoms with E-state index in [9.17, 15) is 0 Å². The molecule has 0 radical (unpaired) electrons. The highest BCUT2D eigenvalue weighted by Crippen LogP contribution is 2.32. The van der Waals surface area contributed by atoms with E-state index in [2.05, 4.69) is 21.5 Å². The maximum atomic E-state index is 6.48. The van der Waals surface area contributed by atoms with Gasteiger partial charge in [-0.3, -0.25) is 4.57 Å². The highest BCUT2D eigenvalue weighted by Gasteiger charge is 2.20. The Balaban J connectivity index is 2.29. The Hall–Kier alpha value is -2.40. The fraction of sp³-hybridized carbons (Fsp3) is 0.133. The topological polar surface area (TPSA) is 69.6 Å². The van der Waals surface area contributed by atoms with Crippen LogP contribution in [0, 0.1) is 0 Å². The third kappa shape index (κ3) is 2.36. The molecule has 0 aliphatic rings. The second-order valence-corrected chi connectivity index (χ2v) is 5.05. The zero-order valence-electron chi connectivity index (χ0n) is 11.3. The first-order valence-corrected chi connectivity index (χ1v) is 6.94. The molecular formula is C15H14ClN5. The predicted molar refractivity (Wildman–Crippen MR) is 84.9 cm³/mol. The molecule has 6 heteroatoms. The van der Waals surface area contributed by atoms with Crippen LogP contribution in [0.4, 0.5) is 5.82 Å². The molecule has 0 aromatic carbocycles. The maximum absolute atomic E-state index is 6.48. The van der Waals surface area contributed by atoms with Crippen molar-refractivity contribution in [1.82, 2.24) is 19.5 Å². The summed E-state index contributed by atoms with van der Waals surface area (Å²) in [5.74, 6) is 1.08. The van der Waals surface area contributed by atoms with Gasteiger partial charge in [-0.25, -0.2) is 15.0 Å². The summed E-state index contributed by atoms with van der Waals surface area (Å²) in [4.78, 5) is 13.1. The lowest BCUT2D eigenvalue weighted by molar-refractivity contribution is 0.698. The van der Waals surface area contributed by atoms with Crippen LogP contribution >= 0.6 is 11.6 Å². The summed E-state index contributed by atoms with van der Waals surface area (Å²) >= 11 is 6.48. The van der Waals surface area contributed by atoms with E-state index < -0.39 is 0 Å². The molecule has 0 spiro atoms. The maximum Gasteiger partial charge on any atom is 0.161 e. The highest BCUT2D eigenvalue weighted by molar-refractivity contribution is 6.19. The van der Waals surface area contributed by atoms with Crippen molar-refractivity contribution in [2.75, 3.05) is 5.73 Å². The van der Waals surface area contributed by atoms with Gasteiger partial charge in [-0.05, 0) is 30.7 Å². The molecule has 1 unspecified atom stereocenters. The van der Waals surface area contributed by atoms with Gasteiger partial charge in [0.05, 0.1) is 5.56 Å². The first kappa shape index (κ1) is 13.6. The number of halogens is 1. The number of anilines is 1. The lowest BCUT2D eigenvalue weighted by Gasteiger charge is -2.14. The Kier molecular flexibility index (Phi) is 3.58. The molecule has 5 nitrogen and oxygen atoms in total. The summed E-state index contributed by atoms with van der Waals surface area (Å²) in [5.41, 5.74) is 7.86. The SMILES string of the molecule is C=CCC(Cl)n1c(-c2cccnc2N)nc2cccnc21. The van der Waals surface area contributed by atoms with Crippen molar-refractivity contribution in [3.8, 4) is 11.4 Å². The molecule has 106 valence electrons. The molecule has 0 fully saturated rings. The van der Waals surface area contributed by atoms with E-state index in [1.54, 1.807) is 18.5 Å². The number of nitrogens with two attached hydrogens (primary N) is 1. The molecule has 0 bridgehead atoms. The van der Waals surface area contributed by atoms with Gasteiger partial charge in [-0.1, -0.05) is 17.7 Å². The monoisotopic (exact) mass is 299 g/mol. The Morgan fingerprint density at radius 1 is 1.29 bits per heavy atom. The van der Waals surface area contributed by atoms with Crippen molar-refractivity contribution in [3.63, 3.8) is 0 Å². The standard InChI is InChI=1S/C15H14ClN5/c1-2-5-12(16)21-14(10-6-3-8-18-13(10)17)20-11-7-4-9-19-15(11)21/h2-4,6-9,12H,1,5H2,(H2,17,18). The van der Waals surface area contributed by atoms with Gasteiger partial charge in [0.25, 0.3) is 0 Å². The predicted octanol–water partition coefficient (Wildman–Crippen LogP) is 3.39. The van der Waals surface area contributed by atoms with Gasteiger partial charge in [0.15, 0.2) is 5.65 Å². The minimum atomic E-state index is -0.336. The second kappa shape index (κ2) is 5.54. The number of nitrogens with zero attached hydrogens (tertiary/aromatic N) is 4. The Labute approximate surface area is 127 Å². The fourth-order valence-corrected chi connectivity index (χ4v) is 2.55. The number of rotatable bonds is 4. The number of fused-ring (bicyclic) bond motifs is 1. The first-order valence-electron chi connectivity index (χ1n) is 6.51. The number of alkyl halides is 1. The average molecular weight is 300 g/mol. The summed E-state index contributed by atoms with van der Waals surface area (Å²) in [6.07, 6.45) is 5.72. The number of hydrogen-bond donors (Lipinski definition) is 1. The number of nitrogen functional groups attached to an aromatic ring is 1. The third-order valence-corrected chi connectivity index (χ3v) is 3.54. The molecule has 3 aromatic heterocycles. The summed E-state index contributed by atoms with van der Waals surface area (Å²) in [6, 6.07) is 7.43. The fourth-order valence-electron chi connectivity index (χ4n) is 2.23. The lowest BCUT2D eigenvalue weighted by Crippen LogP contribution is -2.06. The number of aromatic nitrogens is 4. The third-order valence-electron chi connectivity index (χ3n) is 3.17. The van der Waals surface area contributed by atoms with Crippen LogP contribution in [-0.4, -0.2) is 19.5 Å². The Morgan fingerprint density at radius 2 is 2.05 bits per heavy atom. The van der Waals surface area contributed by atoms with Crippen LogP contribution in [0.2, 0.25) is 0 Å². The molecule has 2 N–H and O–H groups in total. The van der Waals surface area contributed by atoms with Crippen LogP contribution in [0.3, 0.4) is 0 Å². The van der Waals surface area contributed by atoms with E-state index in [4.69, 9.17) is 17.3 Å². The van der Waals surface area contributed by atoms with E-state index >= 15 is 0 Å². The average Bonchev–Trinajstić information content (AvgIpc) is 2.87. The zero-order valence-corrected chi connectivity index (χ0v) is 12.0. The highest BCUT2D eigenvalue weighted by atomic mass is 35.5. The van der Waals surface area contributed by atoms with Gasteiger partial charge in [-0.15, -0.1) is 6.58 Å². The zero-order chi connectivity index (χ0) is 14.8. The summed E-state index contributed by atoms with van der Waals surface area (Å²) < 4.78 is 1.87. The van der Waals surface area contributed by atoms with Crippen molar-refractivity contribution in [3.05, 3.63) is 49.3 Å². The summed E-state index contributed by atoms with van der Waals surface area (Å²) in [5, 5.41) is 0. The van der Waals surface area contributed by atoms with Crippen molar-refractivity contribution in [2.45, 2.75) is 11.9 Å². The van der Waals surface area contributed by atoms with Crippen LogP contribution in [-0.2, 0) is 0 Å². The second-order valence-electron chi connectivity index (χ2n) is 4.55. The van der Waals surface area contributed by atoms with E-state index in [1.165, 1.54) is 0 Å². The number of imidazole rings is 1. The molecule has 3 heterocycles. The number of hydrogen-bond acceptors (Lipinski definition) is 4. The lowest BCUT2D eigenvalue weighted by atomic mass is 10.2. The van der Waals surface area contributed by atoms with Crippen molar-refractivity contribution >= 4 is 28.6 Å². The molecule has 3 rings (SSSR count). The van der Waals surface area contributed by atoms with E-state index in [0.717, 1.165) is 16.7 Å². The Bertz CT molecular complexity index is 796. The van der Waals surface area contributed by atoms with Crippen LogP contribution < -0.4 is 5.73 Å². The van der Waals surface area contributed by atoms with E-state index in [0.29, 0.717) is 18.1 Å². The first-order chi connectivity index (χ1) is 10.2. The van der Waals surface area contributed by atoms with Crippen molar-refractivity contribution < 1.29 is 0 Å². The largest absolute Gasteiger partial charge is 0.383 e. The molecule has 3 aromatic rings. The van der Waals surface area contributed by atoms with Gasteiger partial charge in [0.1, 0.15) is 22.7 Å². The Morgan fingerprint density at radius 3 is 2.81 bits per heavy atom. The molecule has 21 heavy (non-hydrogen) atoms. The van der Waals surface area contributed by atoms with Crippen molar-refractivity contribution in [2.24, 2.45) is 0 Å². The minimum Gasteiger partial charge on any atom is -0.383 e. The minimum absolute atomic E-state index is 0.336. The van der Waals surface area contributed by atoms with Crippen molar-refractivity contribution in [1.29, 1.82) is 0 Å². The molecule has 0 aliphatic heterocycles. The molecule has 1 atom stereocenters. The van der Waals surface area contributed by atoms with E-state index in [1.807, 2.05) is 28.8 Å². The van der Waals surface area contributed by atoms with Gasteiger partial charge >= 0.3 is 0 Å². The number of allylic oxidation sites excluding steroid dienone is 1. The normalized spacial score (nSPS) is 12.4. The summed E-state index contributed by atoms with van der Waals surface area (Å²) in [6.45, 7) is 3.73. The van der Waals surface area contributed by atoms with E-state index in [-0.39, 0.29) is 5.50 Å². The van der Waals surface area contributed by atoms with Crippen LogP contribution in [0.5, 0.6) is 0 Å². The van der Waals surface area contributed by atoms with Crippen LogP contribution in [0.1, 0.15) is 11.9 Å². The molecular weight excluding hydrogens is 286 g/mol. The van der Waals surface area contributed by atoms with Gasteiger partial charge in [-0.2, -0.15) is 0 Å². The smallest absolute Gasteiger partial charge is 0.161 e. The van der Waals surface area contributed by atoms with Gasteiger partial charge in [0.2, 0.25) is 0 Å². The molecule has 0 aliphatic carbocycles. The van der Waals surface area contributed by atoms with Crippen LogP contribution in [0.25, 0.3) is 22.6 Å². The number of pyridine rings is 2. The van der Waals surface area contributed by atoms with Gasteiger partial charge < -0.3 is 5.73 Å². The molecule has 0 saturated carbocycles. The summed E-state index contributed by atoms with van der Waals surface area (Å²) in [7, 11) is 0.